The number of amides is 1. The van der Waals surface area contributed by atoms with Gasteiger partial charge in [0.1, 0.15) is 0 Å². The highest BCUT2D eigenvalue weighted by atomic mass is 16.3. The third-order valence-corrected chi connectivity index (χ3v) is 3.73. The van der Waals surface area contributed by atoms with Crippen LogP contribution in [0.4, 0.5) is 0 Å². The number of nitrogens with one attached hydrogen (secondary N) is 1. The molecule has 0 aliphatic carbocycles. The van der Waals surface area contributed by atoms with Gasteiger partial charge in [-0.05, 0) is 29.7 Å². The Bertz CT molecular complexity index is 785. The van der Waals surface area contributed by atoms with E-state index in [1.54, 1.807) is 35.1 Å². The van der Waals surface area contributed by atoms with Gasteiger partial charge in [0.25, 0.3) is 5.91 Å². The quantitative estimate of drug-likeness (QED) is 0.732. The first-order chi connectivity index (χ1) is 11.7. The molecule has 1 heterocycles. The molecule has 2 N–H and O–H groups in total. The zero-order valence-electron chi connectivity index (χ0n) is 13.2. The van der Waals surface area contributed by atoms with Gasteiger partial charge < -0.3 is 10.4 Å². The van der Waals surface area contributed by atoms with E-state index in [-0.39, 0.29) is 0 Å². The summed E-state index contributed by atoms with van der Waals surface area (Å²) in [6, 6.07) is 18.7. The Hall–Kier alpha value is -2.92. The summed E-state index contributed by atoms with van der Waals surface area (Å²) in [7, 11) is 0. The number of carbonyl (C=O) groups is 1. The zero-order chi connectivity index (χ0) is 16.8. The molecule has 1 unspecified atom stereocenters. The summed E-state index contributed by atoms with van der Waals surface area (Å²) in [5.41, 5.74) is 2.60. The number of hydrogen-bond donors (Lipinski definition) is 2. The number of aliphatic hydroxyl groups is 1. The van der Waals surface area contributed by atoms with Gasteiger partial charge in [-0.25, -0.2) is 4.68 Å². The topological polar surface area (TPSA) is 67.2 Å². The van der Waals surface area contributed by atoms with Crippen LogP contribution in [-0.4, -0.2) is 27.3 Å². The van der Waals surface area contributed by atoms with Gasteiger partial charge >= 0.3 is 0 Å². The smallest absolute Gasteiger partial charge is 0.253 e. The molecular formula is C19H19N3O2. The Morgan fingerprint density at radius 2 is 1.75 bits per heavy atom. The molecule has 3 aromatic rings. The van der Waals surface area contributed by atoms with Crippen molar-refractivity contribution in [3.8, 4) is 5.69 Å². The lowest BCUT2D eigenvalue weighted by Gasteiger charge is -2.11. The standard InChI is InChI=1S/C19H19N3O2/c23-18(16-7-3-1-4-8-16)19(24)20-12-11-15-13-21-22(14-15)17-9-5-2-6-10-17/h1-10,13-14,18,23H,11-12H2,(H,20,24). The van der Waals surface area contributed by atoms with Crippen molar-refractivity contribution < 1.29 is 9.90 Å². The summed E-state index contributed by atoms with van der Waals surface area (Å²) >= 11 is 0. The number of rotatable bonds is 6. The summed E-state index contributed by atoms with van der Waals surface area (Å²) in [5.74, 6) is -0.392. The van der Waals surface area contributed by atoms with Crippen LogP contribution in [0.1, 0.15) is 17.2 Å². The summed E-state index contributed by atoms with van der Waals surface area (Å²) in [4.78, 5) is 12.0. The van der Waals surface area contributed by atoms with Crippen LogP contribution < -0.4 is 5.32 Å². The summed E-state index contributed by atoms with van der Waals surface area (Å²) in [5, 5.41) is 17.1. The molecule has 5 heteroatoms. The van der Waals surface area contributed by atoms with Crippen molar-refractivity contribution in [1.29, 1.82) is 0 Å². The molecule has 1 amide bonds. The molecule has 2 aromatic carbocycles. The molecule has 24 heavy (non-hydrogen) atoms. The van der Waals surface area contributed by atoms with Crippen LogP contribution in [0.5, 0.6) is 0 Å². The normalized spacial score (nSPS) is 11.9. The SMILES string of the molecule is O=C(NCCc1cnn(-c2ccccc2)c1)C(O)c1ccccc1. The average molecular weight is 321 g/mol. The van der Waals surface area contributed by atoms with Gasteiger partial charge in [-0.3, -0.25) is 4.79 Å². The molecule has 1 atom stereocenters. The van der Waals surface area contributed by atoms with Crippen molar-refractivity contribution in [2.45, 2.75) is 12.5 Å². The maximum absolute atomic E-state index is 12.0. The van der Waals surface area contributed by atoms with Crippen LogP contribution in [0.2, 0.25) is 0 Å². The summed E-state index contributed by atoms with van der Waals surface area (Å²) in [6.45, 7) is 0.448. The molecular weight excluding hydrogens is 302 g/mol. The summed E-state index contributed by atoms with van der Waals surface area (Å²) in [6.07, 6.45) is 3.24. The lowest BCUT2D eigenvalue weighted by Crippen LogP contribution is -2.30. The highest BCUT2D eigenvalue weighted by Crippen LogP contribution is 2.12. The molecule has 0 aliphatic rings. The predicted molar refractivity (Wildman–Crippen MR) is 91.7 cm³/mol. The van der Waals surface area contributed by atoms with Crippen LogP contribution in [-0.2, 0) is 11.2 Å². The van der Waals surface area contributed by atoms with Crippen LogP contribution in [0.15, 0.2) is 73.1 Å². The van der Waals surface area contributed by atoms with E-state index in [1.165, 1.54) is 0 Å². The van der Waals surface area contributed by atoms with Gasteiger partial charge in [0.15, 0.2) is 6.10 Å². The highest BCUT2D eigenvalue weighted by Gasteiger charge is 2.16. The van der Waals surface area contributed by atoms with Gasteiger partial charge in [0.05, 0.1) is 11.9 Å². The van der Waals surface area contributed by atoms with E-state index in [2.05, 4.69) is 10.4 Å². The Kier molecular flexibility index (Phi) is 5.03. The molecule has 1 aromatic heterocycles. The number of carbonyl (C=O) groups excluding carboxylic acids is 1. The first-order valence-corrected chi connectivity index (χ1v) is 7.84. The fourth-order valence-electron chi connectivity index (χ4n) is 2.42. The third kappa shape index (κ3) is 3.88. The lowest BCUT2D eigenvalue weighted by atomic mass is 10.1. The molecule has 5 nitrogen and oxygen atoms in total. The first kappa shape index (κ1) is 16.0. The molecule has 0 saturated carbocycles. The van der Waals surface area contributed by atoms with Crippen molar-refractivity contribution in [2.24, 2.45) is 0 Å². The minimum Gasteiger partial charge on any atom is -0.378 e. The second-order valence-corrected chi connectivity index (χ2v) is 5.48. The highest BCUT2D eigenvalue weighted by molar-refractivity contribution is 5.81. The van der Waals surface area contributed by atoms with E-state index in [1.807, 2.05) is 42.6 Å². The molecule has 0 fully saturated rings. The number of aromatic nitrogens is 2. The van der Waals surface area contributed by atoms with Crippen LogP contribution in [0.3, 0.4) is 0 Å². The minimum atomic E-state index is -1.14. The fraction of sp³-hybridized carbons (Fsp3) is 0.158. The van der Waals surface area contributed by atoms with Gasteiger partial charge in [0, 0.05) is 12.7 Å². The number of para-hydroxylation sites is 1. The van der Waals surface area contributed by atoms with Crippen molar-refractivity contribution in [1.82, 2.24) is 15.1 Å². The van der Waals surface area contributed by atoms with Crippen molar-refractivity contribution in [3.63, 3.8) is 0 Å². The second kappa shape index (κ2) is 7.57. The molecule has 0 bridgehead atoms. The molecule has 122 valence electrons. The number of nitrogens with zero attached hydrogens (tertiary/aromatic N) is 2. The van der Waals surface area contributed by atoms with Crippen molar-refractivity contribution >= 4 is 5.91 Å². The Balaban J connectivity index is 1.52. The van der Waals surface area contributed by atoms with Gasteiger partial charge in [-0.1, -0.05) is 48.5 Å². The number of aliphatic hydroxyl groups excluding tert-OH is 1. The predicted octanol–water partition coefficient (Wildman–Crippen LogP) is 2.26. The molecule has 0 spiro atoms. The maximum Gasteiger partial charge on any atom is 0.253 e. The van der Waals surface area contributed by atoms with E-state index in [0.717, 1.165) is 11.3 Å². The van der Waals surface area contributed by atoms with Gasteiger partial charge in [0.2, 0.25) is 0 Å². The fourth-order valence-corrected chi connectivity index (χ4v) is 2.42. The van der Waals surface area contributed by atoms with E-state index >= 15 is 0 Å². The molecule has 0 aliphatic heterocycles. The average Bonchev–Trinajstić information content (AvgIpc) is 3.11. The van der Waals surface area contributed by atoms with E-state index in [4.69, 9.17) is 0 Å². The van der Waals surface area contributed by atoms with Crippen LogP contribution in [0.25, 0.3) is 5.69 Å². The Labute approximate surface area is 140 Å². The monoisotopic (exact) mass is 321 g/mol. The number of benzene rings is 2. The van der Waals surface area contributed by atoms with Crippen molar-refractivity contribution in [2.75, 3.05) is 6.54 Å². The Morgan fingerprint density at radius 1 is 1.08 bits per heavy atom. The Morgan fingerprint density at radius 3 is 2.46 bits per heavy atom. The zero-order valence-corrected chi connectivity index (χ0v) is 13.2. The van der Waals surface area contributed by atoms with Crippen LogP contribution in [0, 0.1) is 0 Å². The molecule has 0 radical (unpaired) electrons. The molecule has 0 saturated heterocycles. The lowest BCUT2D eigenvalue weighted by molar-refractivity contribution is -0.129. The number of hydrogen-bond acceptors (Lipinski definition) is 3. The second-order valence-electron chi connectivity index (χ2n) is 5.48. The maximum atomic E-state index is 12.0. The van der Waals surface area contributed by atoms with Crippen molar-refractivity contribution in [3.05, 3.63) is 84.2 Å². The third-order valence-electron chi connectivity index (χ3n) is 3.73. The van der Waals surface area contributed by atoms with E-state index < -0.39 is 12.0 Å². The van der Waals surface area contributed by atoms with E-state index in [9.17, 15) is 9.90 Å². The summed E-state index contributed by atoms with van der Waals surface area (Å²) < 4.78 is 1.80. The minimum absolute atomic E-state index is 0.392. The molecule has 3 rings (SSSR count). The van der Waals surface area contributed by atoms with Gasteiger partial charge in [-0.15, -0.1) is 0 Å². The van der Waals surface area contributed by atoms with E-state index in [0.29, 0.717) is 18.5 Å². The van der Waals surface area contributed by atoms with Crippen LogP contribution >= 0.6 is 0 Å². The van der Waals surface area contributed by atoms with Gasteiger partial charge in [-0.2, -0.15) is 5.10 Å². The first-order valence-electron chi connectivity index (χ1n) is 7.84. The largest absolute Gasteiger partial charge is 0.378 e.